The van der Waals surface area contributed by atoms with E-state index in [1.807, 2.05) is 0 Å². The summed E-state index contributed by atoms with van der Waals surface area (Å²) < 4.78 is 28.5. The molecule has 1 heterocycles. The summed E-state index contributed by atoms with van der Waals surface area (Å²) in [6, 6.07) is 0. The summed E-state index contributed by atoms with van der Waals surface area (Å²) in [4.78, 5) is 10.2. The van der Waals surface area contributed by atoms with Crippen molar-refractivity contribution < 1.29 is 23.4 Å². The van der Waals surface area contributed by atoms with E-state index in [9.17, 15) is 13.6 Å². The molecular formula is C5H6F2O3. The Morgan fingerprint density at radius 2 is 2.40 bits per heavy atom. The third kappa shape index (κ3) is 1.09. The van der Waals surface area contributed by atoms with Crippen molar-refractivity contribution >= 4 is 5.97 Å². The second-order valence-electron chi connectivity index (χ2n) is 2.12. The van der Waals surface area contributed by atoms with Gasteiger partial charge in [0.05, 0.1) is 13.0 Å². The summed E-state index contributed by atoms with van der Waals surface area (Å²) in [6.45, 7) is -0.540. The van der Waals surface area contributed by atoms with Gasteiger partial charge in [-0.2, -0.15) is 8.78 Å². The predicted octanol–water partition coefficient (Wildman–Crippen LogP) is -0.0705. The van der Waals surface area contributed by atoms with Crippen LogP contribution in [0.2, 0.25) is 0 Å². The van der Waals surface area contributed by atoms with Crippen LogP contribution in [0, 0.1) is 0 Å². The van der Waals surface area contributed by atoms with Gasteiger partial charge in [0.15, 0.2) is 0 Å². The van der Waals surface area contributed by atoms with Gasteiger partial charge in [0.25, 0.3) is 0 Å². The molecule has 1 aliphatic heterocycles. The van der Waals surface area contributed by atoms with Crippen molar-refractivity contribution in [3.8, 4) is 0 Å². The van der Waals surface area contributed by atoms with E-state index in [4.69, 9.17) is 5.11 Å². The van der Waals surface area contributed by atoms with Gasteiger partial charge >= 0.3 is 11.9 Å². The molecule has 1 N–H and O–H groups in total. The molecule has 3 nitrogen and oxygen atoms in total. The van der Waals surface area contributed by atoms with Crippen LogP contribution in [-0.2, 0) is 9.53 Å². The van der Waals surface area contributed by atoms with Gasteiger partial charge in [-0.1, -0.05) is 0 Å². The highest BCUT2D eigenvalue weighted by Crippen LogP contribution is 2.30. The molecule has 0 radical (unpaired) electrons. The molecule has 10 heavy (non-hydrogen) atoms. The Morgan fingerprint density at radius 3 is 2.60 bits per heavy atom. The SMILES string of the molecule is O=C1OC(CO)CC1(F)F. The average Bonchev–Trinajstić information content (AvgIpc) is 2.08. The summed E-state index contributed by atoms with van der Waals surface area (Å²) in [7, 11) is 0. The number of hydrogen-bond donors (Lipinski definition) is 1. The molecule has 0 saturated carbocycles. The fraction of sp³-hybridized carbons (Fsp3) is 0.800. The zero-order valence-corrected chi connectivity index (χ0v) is 5.01. The van der Waals surface area contributed by atoms with Crippen molar-refractivity contribution in [3.63, 3.8) is 0 Å². The molecule has 0 spiro atoms. The van der Waals surface area contributed by atoms with E-state index in [0.717, 1.165) is 0 Å². The number of halogens is 2. The molecule has 0 aromatic carbocycles. The van der Waals surface area contributed by atoms with Gasteiger partial charge in [0.1, 0.15) is 6.10 Å². The molecule has 1 aliphatic rings. The highest BCUT2D eigenvalue weighted by atomic mass is 19.3. The maximum atomic E-state index is 12.2. The standard InChI is InChI=1S/C5H6F2O3/c6-5(7)1-3(2-8)10-4(5)9/h3,8H,1-2H2. The van der Waals surface area contributed by atoms with E-state index >= 15 is 0 Å². The van der Waals surface area contributed by atoms with Gasteiger partial charge < -0.3 is 9.84 Å². The highest BCUT2D eigenvalue weighted by molar-refractivity contribution is 5.79. The maximum absolute atomic E-state index is 12.2. The Hall–Kier alpha value is -0.710. The number of hydrogen-bond acceptors (Lipinski definition) is 3. The minimum Gasteiger partial charge on any atom is -0.455 e. The van der Waals surface area contributed by atoms with Crippen LogP contribution >= 0.6 is 0 Å². The average molecular weight is 152 g/mol. The third-order valence-corrected chi connectivity index (χ3v) is 1.26. The van der Waals surface area contributed by atoms with Crippen molar-refractivity contribution in [2.24, 2.45) is 0 Å². The van der Waals surface area contributed by atoms with Gasteiger partial charge in [-0.15, -0.1) is 0 Å². The lowest BCUT2D eigenvalue weighted by Gasteiger charge is -2.00. The predicted molar refractivity (Wildman–Crippen MR) is 26.5 cm³/mol. The Labute approximate surface area is 55.6 Å². The van der Waals surface area contributed by atoms with Crippen molar-refractivity contribution in [1.82, 2.24) is 0 Å². The largest absolute Gasteiger partial charge is 0.455 e. The molecule has 5 heteroatoms. The second kappa shape index (κ2) is 2.16. The molecular weight excluding hydrogens is 146 g/mol. The first-order valence-electron chi connectivity index (χ1n) is 2.76. The molecule has 1 fully saturated rings. The lowest BCUT2D eigenvalue weighted by atomic mass is 10.2. The monoisotopic (exact) mass is 152 g/mol. The van der Waals surface area contributed by atoms with Crippen molar-refractivity contribution in [3.05, 3.63) is 0 Å². The molecule has 0 aliphatic carbocycles. The zero-order valence-electron chi connectivity index (χ0n) is 5.01. The number of cyclic esters (lactones) is 1. The smallest absolute Gasteiger partial charge is 0.377 e. The van der Waals surface area contributed by atoms with E-state index in [-0.39, 0.29) is 0 Å². The Kier molecular flexibility index (Phi) is 1.60. The van der Waals surface area contributed by atoms with Crippen LogP contribution in [0.5, 0.6) is 0 Å². The first-order valence-corrected chi connectivity index (χ1v) is 2.76. The van der Waals surface area contributed by atoms with Gasteiger partial charge in [-0.05, 0) is 0 Å². The second-order valence-corrected chi connectivity index (χ2v) is 2.12. The summed E-state index contributed by atoms with van der Waals surface area (Å²) in [5, 5.41) is 8.31. The van der Waals surface area contributed by atoms with Crippen LogP contribution in [-0.4, -0.2) is 29.7 Å². The summed E-state index contributed by atoms with van der Waals surface area (Å²) in [5.74, 6) is -4.93. The molecule has 1 saturated heterocycles. The van der Waals surface area contributed by atoms with Crippen LogP contribution in [0.1, 0.15) is 6.42 Å². The number of carbonyl (C=O) groups is 1. The number of rotatable bonds is 1. The first-order chi connectivity index (χ1) is 4.56. The van der Waals surface area contributed by atoms with Gasteiger partial charge in [0, 0.05) is 0 Å². The van der Waals surface area contributed by atoms with Gasteiger partial charge in [-0.3, -0.25) is 0 Å². The van der Waals surface area contributed by atoms with Crippen LogP contribution in [0.4, 0.5) is 8.78 Å². The summed E-state index contributed by atoms with van der Waals surface area (Å²) >= 11 is 0. The third-order valence-electron chi connectivity index (χ3n) is 1.26. The van der Waals surface area contributed by atoms with Crippen LogP contribution < -0.4 is 0 Å². The van der Waals surface area contributed by atoms with E-state index in [0.29, 0.717) is 0 Å². The lowest BCUT2D eigenvalue weighted by Crippen LogP contribution is -2.21. The quantitative estimate of drug-likeness (QED) is 0.535. The molecule has 1 rings (SSSR count). The van der Waals surface area contributed by atoms with E-state index < -0.39 is 31.0 Å². The number of aliphatic hydroxyl groups excluding tert-OH is 1. The number of carbonyl (C=O) groups excluding carboxylic acids is 1. The lowest BCUT2D eigenvalue weighted by molar-refractivity contribution is -0.159. The van der Waals surface area contributed by atoms with Crippen LogP contribution in [0.15, 0.2) is 0 Å². The molecule has 1 atom stereocenters. The fourth-order valence-corrected chi connectivity index (χ4v) is 0.750. The molecule has 1 unspecified atom stereocenters. The molecule has 0 aromatic rings. The van der Waals surface area contributed by atoms with Gasteiger partial charge in [-0.25, -0.2) is 4.79 Å². The zero-order chi connectivity index (χ0) is 7.78. The molecule has 58 valence electrons. The minimum atomic E-state index is -3.40. The van der Waals surface area contributed by atoms with Crippen molar-refractivity contribution in [2.45, 2.75) is 18.4 Å². The summed E-state index contributed by atoms with van der Waals surface area (Å²) in [5.41, 5.74) is 0. The fourth-order valence-electron chi connectivity index (χ4n) is 0.750. The topological polar surface area (TPSA) is 46.5 Å². The van der Waals surface area contributed by atoms with E-state index in [2.05, 4.69) is 4.74 Å². The molecule has 0 amide bonds. The van der Waals surface area contributed by atoms with E-state index in [1.54, 1.807) is 0 Å². The van der Waals surface area contributed by atoms with E-state index in [1.165, 1.54) is 0 Å². The number of aliphatic hydroxyl groups is 1. The van der Waals surface area contributed by atoms with Crippen LogP contribution in [0.25, 0.3) is 0 Å². The summed E-state index contributed by atoms with van der Waals surface area (Å²) in [6.07, 6.45) is -1.73. The number of ether oxygens (including phenoxy) is 1. The van der Waals surface area contributed by atoms with Gasteiger partial charge in [0.2, 0.25) is 0 Å². The Bertz CT molecular complexity index is 157. The Balaban J connectivity index is 2.62. The number of alkyl halides is 2. The minimum absolute atomic E-state index is 0.540. The highest BCUT2D eigenvalue weighted by Gasteiger charge is 2.50. The first kappa shape index (κ1) is 7.40. The normalized spacial score (nSPS) is 30.3. The van der Waals surface area contributed by atoms with Crippen molar-refractivity contribution in [2.75, 3.05) is 6.61 Å². The molecule has 0 bridgehead atoms. The Morgan fingerprint density at radius 1 is 1.80 bits per heavy atom. The molecule has 0 aromatic heterocycles. The van der Waals surface area contributed by atoms with Crippen molar-refractivity contribution in [1.29, 1.82) is 0 Å². The maximum Gasteiger partial charge on any atom is 0.377 e. The van der Waals surface area contributed by atoms with Crippen LogP contribution in [0.3, 0.4) is 0 Å². The number of esters is 1.